The van der Waals surface area contributed by atoms with Crippen LogP contribution in [0.4, 0.5) is 5.95 Å². The number of nitrogens with one attached hydrogen (secondary N) is 1. The van der Waals surface area contributed by atoms with Crippen molar-refractivity contribution in [3.63, 3.8) is 0 Å². The Balaban J connectivity index is 2.34. The molecule has 2 heterocycles. The minimum Gasteiger partial charge on any atom is -0.349 e. The predicted molar refractivity (Wildman–Crippen MR) is 53.9 cm³/mol. The van der Waals surface area contributed by atoms with Gasteiger partial charge in [-0.15, -0.1) is 0 Å². The van der Waals surface area contributed by atoms with E-state index in [1.165, 1.54) is 0 Å². The van der Waals surface area contributed by atoms with Gasteiger partial charge in [0.15, 0.2) is 5.82 Å². The van der Waals surface area contributed by atoms with Crippen molar-refractivity contribution in [3.05, 3.63) is 24.7 Å². The first kappa shape index (κ1) is 8.68. The van der Waals surface area contributed by atoms with E-state index in [2.05, 4.69) is 19.9 Å². The summed E-state index contributed by atoms with van der Waals surface area (Å²) in [4.78, 5) is 17.4. The molecule has 5 nitrogen and oxygen atoms in total. The molecule has 14 heavy (non-hydrogen) atoms. The molecule has 0 aliphatic rings. The summed E-state index contributed by atoms with van der Waals surface area (Å²) >= 11 is 0. The lowest BCUT2D eigenvalue weighted by Gasteiger charge is -2.05. The van der Waals surface area contributed by atoms with Crippen molar-refractivity contribution < 1.29 is 0 Å². The molecule has 0 saturated carbocycles. The normalized spacial score (nSPS) is 10.1. The van der Waals surface area contributed by atoms with Gasteiger partial charge in [0.2, 0.25) is 5.95 Å². The highest BCUT2D eigenvalue weighted by atomic mass is 15.2. The molecule has 0 spiro atoms. The van der Waals surface area contributed by atoms with Crippen LogP contribution >= 0.6 is 0 Å². The standard InChI is InChI=1S/C9H11N5/c1-14(2)9-12-6-7(13-9)8-10-4-3-5-11-8/h3-6H,1-2H3,(H,12,13). The van der Waals surface area contributed by atoms with Gasteiger partial charge in [0.05, 0.1) is 6.20 Å². The van der Waals surface area contributed by atoms with Crippen molar-refractivity contribution in [2.45, 2.75) is 0 Å². The van der Waals surface area contributed by atoms with E-state index in [0.717, 1.165) is 11.6 Å². The van der Waals surface area contributed by atoms with E-state index in [0.29, 0.717) is 5.82 Å². The van der Waals surface area contributed by atoms with Crippen molar-refractivity contribution in [2.75, 3.05) is 19.0 Å². The molecule has 72 valence electrons. The summed E-state index contributed by atoms with van der Waals surface area (Å²) in [5.74, 6) is 1.46. The Kier molecular flexibility index (Phi) is 2.14. The van der Waals surface area contributed by atoms with Crippen LogP contribution in [0.15, 0.2) is 24.7 Å². The number of aromatic amines is 1. The molecule has 2 aromatic heterocycles. The maximum atomic E-state index is 4.18. The Morgan fingerprint density at radius 1 is 1.14 bits per heavy atom. The zero-order valence-corrected chi connectivity index (χ0v) is 8.10. The average molecular weight is 189 g/mol. The van der Waals surface area contributed by atoms with Crippen molar-refractivity contribution in [3.8, 4) is 11.5 Å². The second-order valence-electron chi connectivity index (χ2n) is 3.09. The molecule has 5 heteroatoms. The monoisotopic (exact) mass is 189 g/mol. The summed E-state index contributed by atoms with van der Waals surface area (Å²) in [6.45, 7) is 0. The minimum atomic E-state index is 0.660. The van der Waals surface area contributed by atoms with Crippen LogP contribution in [0.5, 0.6) is 0 Å². The highest BCUT2D eigenvalue weighted by molar-refractivity contribution is 5.51. The molecule has 2 rings (SSSR count). The molecule has 0 bridgehead atoms. The summed E-state index contributed by atoms with van der Waals surface area (Å²) in [5.41, 5.74) is 0.828. The first-order valence-electron chi connectivity index (χ1n) is 4.27. The van der Waals surface area contributed by atoms with E-state index in [9.17, 15) is 0 Å². The molecule has 0 atom stereocenters. The fraction of sp³-hybridized carbons (Fsp3) is 0.222. The van der Waals surface area contributed by atoms with E-state index >= 15 is 0 Å². The lowest BCUT2D eigenvalue weighted by Crippen LogP contribution is -2.10. The van der Waals surface area contributed by atoms with Crippen molar-refractivity contribution in [1.82, 2.24) is 19.9 Å². The molecule has 0 fully saturated rings. The molecule has 0 aliphatic carbocycles. The van der Waals surface area contributed by atoms with Gasteiger partial charge in [-0.05, 0) is 6.07 Å². The van der Waals surface area contributed by atoms with Gasteiger partial charge in [-0.25, -0.2) is 15.0 Å². The van der Waals surface area contributed by atoms with E-state index in [-0.39, 0.29) is 0 Å². The van der Waals surface area contributed by atoms with Gasteiger partial charge in [-0.3, -0.25) is 0 Å². The Morgan fingerprint density at radius 3 is 2.43 bits per heavy atom. The number of H-pyrrole nitrogens is 1. The van der Waals surface area contributed by atoms with Gasteiger partial charge < -0.3 is 9.88 Å². The van der Waals surface area contributed by atoms with Gasteiger partial charge >= 0.3 is 0 Å². The zero-order valence-electron chi connectivity index (χ0n) is 8.10. The van der Waals surface area contributed by atoms with Crippen molar-refractivity contribution >= 4 is 5.95 Å². The van der Waals surface area contributed by atoms with Crippen LogP contribution in [0.2, 0.25) is 0 Å². The lowest BCUT2D eigenvalue weighted by atomic mass is 10.4. The summed E-state index contributed by atoms with van der Waals surface area (Å²) in [7, 11) is 3.85. The molecule has 0 amide bonds. The van der Waals surface area contributed by atoms with E-state index in [1.807, 2.05) is 19.0 Å². The third kappa shape index (κ3) is 1.56. The first-order valence-corrected chi connectivity index (χ1v) is 4.27. The van der Waals surface area contributed by atoms with Crippen molar-refractivity contribution in [1.29, 1.82) is 0 Å². The van der Waals surface area contributed by atoms with Crippen LogP contribution in [0.3, 0.4) is 0 Å². The van der Waals surface area contributed by atoms with E-state index in [1.54, 1.807) is 24.7 Å². The molecule has 0 unspecified atom stereocenters. The third-order valence-corrected chi connectivity index (χ3v) is 1.79. The van der Waals surface area contributed by atoms with E-state index in [4.69, 9.17) is 0 Å². The van der Waals surface area contributed by atoms with Gasteiger partial charge in [-0.1, -0.05) is 0 Å². The fourth-order valence-electron chi connectivity index (χ4n) is 1.09. The van der Waals surface area contributed by atoms with Crippen LogP contribution in [-0.2, 0) is 0 Å². The summed E-state index contributed by atoms with van der Waals surface area (Å²) < 4.78 is 0. The molecule has 2 aromatic rings. The smallest absolute Gasteiger partial charge is 0.202 e. The van der Waals surface area contributed by atoms with Gasteiger partial charge in [-0.2, -0.15) is 0 Å². The topological polar surface area (TPSA) is 57.7 Å². The van der Waals surface area contributed by atoms with Crippen LogP contribution in [0.1, 0.15) is 0 Å². The lowest BCUT2D eigenvalue weighted by molar-refractivity contribution is 1.04. The Hall–Kier alpha value is -1.91. The highest BCUT2D eigenvalue weighted by Gasteiger charge is 2.05. The second kappa shape index (κ2) is 3.45. The maximum Gasteiger partial charge on any atom is 0.202 e. The number of rotatable bonds is 2. The van der Waals surface area contributed by atoms with Gasteiger partial charge in [0.25, 0.3) is 0 Å². The third-order valence-electron chi connectivity index (χ3n) is 1.79. The summed E-state index contributed by atoms with van der Waals surface area (Å²) in [5, 5.41) is 0. The largest absolute Gasteiger partial charge is 0.349 e. The number of hydrogen-bond acceptors (Lipinski definition) is 4. The van der Waals surface area contributed by atoms with Crippen LogP contribution in [-0.4, -0.2) is 34.0 Å². The molecule has 0 aliphatic heterocycles. The average Bonchev–Trinajstić information content (AvgIpc) is 2.68. The molecular formula is C9H11N5. The molecule has 0 saturated heterocycles. The highest BCUT2D eigenvalue weighted by Crippen LogP contribution is 2.13. The number of aromatic nitrogens is 4. The fourth-order valence-corrected chi connectivity index (χ4v) is 1.09. The Morgan fingerprint density at radius 2 is 1.86 bits per heavy atom. The van der Waals surface area contributed by atoms with E-state index < -0.39 is 0 Å². The number of imidazole rings is 1. The van der Waals surface area contributed by atoms with Crippen LogP contribution < -0.4 is 4.90 Å². The first-order chi connectivity index (χ1) is 6.77. The number of nitrogens with zero attached hydrogens (tertiary/aromatic N) is 4. The predicted octanol–water partition coefficient (Wildman–Crippen LogP) is 0.933. The number of anilines is 1. The minimum absolute atomic E-state index is 0.660. The van der Waals surface area contributed by atoms with Gasteiger partial charge in [0, 0.05) is 26.5 Å². The van der Waals surface area contributed by atoms with Gasteiger partial charge in [0.1, 0.15) is 5.69 Å². The number of hydrogen-bond donors (Lipinski definition) is 1. The second-order valence-corrected chi connectivity index (χ2v) is 3.09. The molecule has 0 aromatic carbocycles. The SMILES string of the molecule is CN(C)c1ncc(-c2ncccn2)[nH]1. The van der Waals surface area contributed by atoms with Crippen LogP contribution in [0, 0.1) is 0 Å². The van der Waals surface area contributed by atoms with Crippen LogP contribution in [0.25, 0.3) is 11.5 Å². The summed E-state index contributed by atoms with van der Waals surface area (Å²) in [6.07, 6.45) is 5.14. The quantitative estimate of drug-likeness (QED) is 0.763. The summed E-state index contributed by atoms with van der Waals surface area (Å²) in [6, 6.07) is 1.78. The molecule has 0 radical (unpaired) electrons. The Labute approximate surface area is 81.8 Å². The molecular weight excluding hydrogens is 178 g/mol. The molecule has 1 N–H and O–H groups in total. The Bertz CT molecular complexity index is 406. The van der Waals surface area contributed by atoms with Crippen molar-refractivity contribution in [2.24, 2.45) is 0 Å². The maximum absolute atomic E-state index is 4.18. The zero-order chi connectivity index (χ0) is 9.97.